The van der Waals surface area contributed by atoms with E-state index >= 15 is 0 Å². The number of hydrogen-bond acceptors (Lipinski definition) is 4. The van der Waals surface area contributed by atoms with Gasteiger partial charge in [-0.2, -0.15) is 0 Å². The van der Waals surface area contributed by atoms with Gasteiger partial charge in [0.2, 0.25) is 5.91 Å². The Morgan fingerprint density at radius 1 is 1.21 bits per heavy atom. The summed E-state index contributed by atoms with van der Waals surface area (Å²) < 4.78 is 27.6. The number of halogens is 2. The highest BCUT2D eigenvalue weighted by Crippen LogP contribution is 2.33. The van der Waals surface area contributed by atoms with Crippen molar-refractivity contribution >= 4 is 32.6 Å². The Kier molecular flexibility index (Phi) is 3.90. The third kappa shape index (κ3) is 2.97. The number of alkyl halides is 2. The van der Waals surface area contributed by atoms with Crippen LogP contribution in [0.4, 0.5) is 13.9 Å². The molecule has 2 fully saturated rings. The molecule has 1 aromatic carbocycles. The van der Waals surface area contributed by atoms with E-state index in [9.17, 15) is 13.6 Å². The fraction of sp³-hybridized carbons (Fsp3) is 0.529. The van der Waals surface area contributed by atoms with Gasteiger partial charge in [0, 0.05) is 39.0 Å². The van der Waals surface area contributed by atoms with Crippen LogP contribution in [0.5, 0.6) is 0 Å². The summed E-state index contributed by atoms with van der Waals surface area (Å²) >= 11 is 1.63. The van der Waals surface area contributed by atoms with Crippen LogP contribution in [0.3, 0.4) is 0 Å². The summed E-state index contributed by atoms with van der Waals surface area (Å²) in [6.07, 6.45) is 0.335. The second kappa shape index (κ2) is 5.95. The SMILES string of the molecule is O=C(C1CCN(c2nc3ccccc3s2)C1)N1CCC(F)(F)CC1. The Morgan fingerprint density at radius 2 is 1.96 bits per heavy atom. The van der Waals surface area contributed by atoms with Crippen molar-refractivity contribution in [3.63, 3.8) is 0 Å². The van der Waals surface area contributed by atoms with Gasteiger partial charge in [-0.25, -0.2) is 13.8 Å². The Hall–Kier alpha value is -1.76. The molecular formula is C17H19F2N3OS. The van der Waals surface area contributed by atoms with Crippen LogP contribution in [-0.4, -0.2) is 47.9 Å². The molecule has 3 heterocycles. The summed E-state index contributed by atoms with van der Waals surface area (Å²) in [6.45, 7) is 1.76. The van der Waals surface area contributed by atoms with Crippen molar-refractivity contribution in [3.05, 3.63) is 24.3 Å². The van der Waals surface area contributed by atoms with Crippen molar-refractivity contribution < 1.29 is 13.6 Å². The molecule has 0 spiro atoms. The Morgan fingerprint density at radius 3 is 2.71 bits per heavy atom. The topological polar surface area (TPSA) is 36.4 Å². The molecule has 1 atom stereocenters. The van der Waals surface area contributed by atoms with Crippen LogP contribution in [0.15, 0.2) is 24.3 Å². The summed E-state index contributed by atoms with van der Waals surface area (Å²) in [4.78, 5) is 21.0. The van der Waals surface area contributed by atoms with Crippen LogP contribution in [-0.2, 0) is 4.79 Å². The van der Waals surface area contributed by atoms with Gasteiger partial charge in [0.15, 0.2) is 5.13 Å². The minimum atomic E-state index is -2.61. The first-order valence-electron chi connectivity index (χ1n) is 8.29. The first-order chi connectivity index (χ1) is 11.5. The number of para-hydroxylation sites is 1. The fourth-order valence-electron chi connectivity index (χ4n) is 3.44. The predicted octanol–water partition coefficient (Wildman–Crippen LogP) is 3.38. The van der Waals surface area contributed by atoms with Crippen molar-refractivity contribution in [2.24, 2.45) is 5.92 Å². The normalized spacial score (nSPS) is 23.8. The molecule has 1 amide bonds. The molecular weight excluding hydrogens is 332 g/mol. The van der Waals surface area contributed by atoms with Gasteiger partial charge in [0.25, 0.3) is 5.92 Å². The number of nitrogens with zero attached hydrogens (tertiary/aromatic N) is 3. The van der Waals surface area contributed by atoms with Crippen molar-refractivity contribution in [2.75, 3.05) is 31.1 Å². The summed E-state index contributed by atoms with van der Waals surface area (Å²) in [6, 6.07) is 7.99. The number of thiazole rings is 1. The van der Waals surface area contributed by atoms with E-state index in [1.165, 1.54) is 0 Å². The molecule has 0 radical (unpaired) electrons. The number of piperidine rings is 1. The highest BCUT2D eigenvalue weighted by molar-refractivity contribution is 7.22. The van der Waals surface area contributed by atoms with Crippen LogP contribution in [0.2, 0.25) is 0 Å². The molecule has 2 aliphatic heterocycles. The van der Waals surface area contributed by atoms with E-state index < -0.39 is 5.92 Å². The highest BCUT2D eigenvalue weighted by Gasteiger charge is 2.39. The monoisotopic (exact) mass is 351 g/mol. The number of anilines is 1. The number of carbonyl (C=O) groups is 1. The number of likely N-dealkylation sites (tertiary alicyclic amines) is 1. The van der Waals surface area contributed by atoms with Crippen LogP contribution in [0.1, 0.15) is 19.3 Å². The quantitative estimate of drug-likeness (QED) is 0.832. The summed E-state index contributed by atoms with van der Waals surface area (Å²) in [5.74, 6) is -2.70. The lowest BCUT2D eigenvalue weighted by Gasteiger charge is -2.33. The number of fused-ring (bicyclic) bond motifs is 1. The Bertz CT molecular complexity index is 720. The molecule has 1 unspecified atom stereocenters. The van der Waals surface area contributed by atoms with Crippen molar-refractivity contribution in [2.45, 2.75) is 25.2 Å². The van der Waals surface area contributed by atoms with E-state index in [1.807, 2.05) is 24.3 Å². The third-order valence-corrected chi connectivity index (χ3v) is 5.99. The zero-order valence-electron chi connectivity index (χ0n) is 13.3. The second-order valence-corrected chi connectivity index (χ2v) is 7.59. The van der Waals surface area contributed by atoms with Gasteiger partial charge in [-0.15, -0.1) is 0 Å². The summed E-state index contributed by atoms with van der Waals surface area (Å²) in [7, 11) is 0. The third-order valence-electron chi connectivity index (χ3n) is 4.90. The lowest BCUT2D eigenvalue weighted by atomic mass is 10.0. The van der Waals surface area contributed by atoms with Crippen LogP contribution in [0.25, 0.3) is 10.2 Å². The first-order valence-corrected chi connectivity index (χ1v) is 9.11. The molecule has 4 nitrogen and oxygen atoms in total. The van der Waals surface area contributed by atoms with Gasteiger partial charge in [0.05, 0.1) is 16.1 Å². The molecule has 2 saturated heterocycles. The van der Waals surface area contributed by atoms with Gasteiger partial charge in [-0.1, -0.05) is 23.5 Å². The predicted molar refractivity (Wildman–Crippen MR) is 90.7 cm³/mol. The average Bonchev–Trinajstić information content (AvgIpc) is 3.21. The molecule has 1 aromatic heterocycles. The van der Waals surface area contributed by atoms with Crippen molar-refractivity contribution in [1.82, 2.24) is 9.88 Å². The Balaban J connectivity index is 1.41. The number of carbonyl (C=O) groups excluding carboxylic acids is 1. The molecule has 4 rings (SSSR count). The summed E-state index contributed by atoms with van der Waals surface area (Å²) in [5, 5.41) is 0.941. The zero-order valence-corrected chi connectivity index (χ0v) is 14.1. The van der Waals surface area contributed by atoms with E-state index in [4.69, 9.17) is 0 Å². The summed E-state index contributed by atoms with van der Waals surface area (Å²) in [5.41, 5.74) is 0.977. The fourth-order valence-corrected chi connectivity index (χ4v) is 4.44. The molecule has 2 aromatic rings. The highest BCUT2D eigenvalue weighted by atomic mass is 32.1. The first kappa shape index (κ1) is 15.7. The lowest BCUT2D eigenvalue weighted by molar-refractivity contribution is -0.140. The van der Waals surface area contributed by atoms with E-state index in [0.717, 1.165) is 28.3 Å². The number of benzene rings is 1. The maximum absolute atomic E-state index is 13.3. The second-order valence-electron chi connectivity index (χ2n) is 6.58. The van der Waals surface area contributed by atoms with E-state index in [1.54, 1.807) is 16.2 Å². The van der Waals surface area contributed by atoms with Gasteiger partial charge in [-0.05, 0) is 18.6 Å². The number of hydrogen-bond donors (Lipinski definition) is 0. The van der Waals surface area contributed by atoms with Crippen LogP contribution >= 0.6 is 11.3 Å². The largest absolute Gasteiger partial charge is 0.347 e. The smallest absolute Gasteiger partial charge is 0.251 e. The molecule has 7 heteroatoms. The lowest BCUT2D eigenvalue weighted by Crippen LogP contribution is -2.45. The average molecular weight is 351 g/mol. The van der Waals surface area contributed by atoms with Crippen LogP contribution < -0.4 is 4.90 Å². The van der Waals surface area contributed by atoms with E-state index in [0.29, 0.717) is 6.54 Å². The molecule has 0 aliphatic carbocycles. The molecule has 128 valence electrons. The molecule has 24 heavy (non-hydrogen) atoms. The number of rotatable bonds is 2. The standard InChI is InChI=1S/C17H19F2N3OS/c18-17(19)6-9-21(10-7-17)15(23)12-5-8-22(11-12)16-20-13-3-1-2-4-14(13)24-16/h1-4,12H,5-11H2. The van der Waals surface area contributed by atoms with E-state index in [2.05, 4.69) is 9.88 Å². The number of amides is 1. The maximum atomic E-state index is 13.3. The van der Waals surface area contributed by atoms with Crippen molar-refractivity contribution in [1.29, 1.82) is 0 Å². The van der Waals surface area contributed by atoms with Crippen molar-refractivity contribution in [3.8, 4) is 0 Å². The van der Waals surface area contributed by atoms with Gasteiger partial charge in [-0.3, -0.25) is 4.79 Å². The molecule has 0 N–H and O–H groups in total. The van der Waals surface area contributed by atoms with Gasteiger partial charge < -0.3 is 9.80 Å². The molecule has 0 bridgehead atoms. The minimum Gasteiger partial charge on any atom is -0.347 e. The molecule has 2 aliphatic rings. The van der Waals surface area contributed by atoms with Crippen LogP contribution in [0, 0.1) is 5.92 Å². The zero-order chi connectivity index (χ0) is 16.7. The maximum Gasteiger partial charge on any atom is 0.251 e. The minimum absolute atomic E-state index is 0.0223. The Labute approximate surface area is 143 Å². The van der Waals surface area contributed by atoms with Gasteiger partial charge >= 0.3 is 0 Å². The van der Waals surface area contributed by atoms with E-state index in [-0.39, 0.29) is 37.8 Å². The van der Waals surface area contributed by atoms with Gasteiger partial charge in [0.1, 0.15) is 0 Å². The molecule has 0 saturated carbocycles. The number of aromatic nitrogens is 1.